The van der Waals surface area contributed by atoms with Gasteiger partial charge >= 0.3 is 36.1 Å². The van der Waals surface area contributed by atoms with Gasteiger partial charge in [0.1, 0.15) is 34.5 Å². The van der Waals surface area contributed by atoms with Crippen LogP contribution in [0.25, 0.3) is 11.1 Å². The van der Waals surface area contributed by atoms with Gasteiger partial charge in [-0.05, 0) is 168 Å². The van der Waals surface area contributed by atoms with Gasteiger partial charge in [0.15, 0.2) is 0 Å². The van der Waals surface area contributed by atoms with Gasteiger partial charge in [-0.15, -0.1) is 0 Å². The lowest BCUT2D eigenvalue weighted by molar-refractivity contribution is -0.159. The van der Waals surface area contributed by atoms with E-state index in [1.54, 1.807) is 83.1 Å². The van der Waals surface area contributed by atoms with Crippen LogP contribution in [-0.2, 0) is 53.0 Å². The van der Waals surface area contributed by atoms with Gasteiger partial charge in [-0.25, -0.2) is 19.2 Å². The zero-order valence-corrected chi connectivity index (χ0v) is 46.3. The van der Waals surface area contributed by atoms with Crippen molar-refractivity contribution >= 4 is 67.9 Å². The lowest BCUT2D eigenvalue weighted by Crippen LogP contribution is -2.46. The maximum Gasteiger partial charge on any atom is 0.408 e. The molecule has 3 rings (SSSR count). The van der Waals surface area contributed by atoms with E-state index < -0.39 is 70.6 Å². The van der Waals surface area contributed by atoms with Gasteiger partial charge < -0.3 is 39.1 Å². The molecule has 2 unspecified atom stereocenters. The fraction of sp³-hybridized carbons (Fsp3) is 0.660. The summed E-state index contributed by atoms with van der Waals surface area (Å²) in [7, 11) is 0. The van der Waals surface area contributed by atoms with Crippen LogP contribution in [0.15, 0.2) is 45.3 Å². The van der Waals surface area contributed by atoms with Crippen LogP contribution in [-0.4, -0.2) is 83.8 Å². The van der Waals surface area contributed by atoms with Gasteiger partial charge in [-0.2, -0.15) is 0 Å². The van der Waals surface area contributed by atoms with Crippen molar-refractivity contribution in [2.45, 2.75) is 213 Å². The standard InChI is InChI=1S/C53H78Br2N2O12/c1-49(2,3)66-45(60)41(56-47(62)68-51(7,8)9)25-27-43(58)64-31-19-15-13-17-29-53(39-33-35(54)21-23-37(39)38-24-22-36(55)34-40(38)53)30-18-14-16-20-32-65-44(59)28-26-42(46(61)67-50(4,5)6)57-48(63)69-52(10,11)12/h21-24,33-34,41-42H,13-20,25-32H2,1-12H3,(H,56,62)(H,57,63). The number of amides is 2. The zero-order chi connectivity index (χ0) is 51.8. The third-order valence-electron chi connectivity index (χ3n) is 10.8. The Morgan fingerprint density at radius 1 is 0.493 bits per heavy atom. The van der Waals surface area contributed by atoms with E-state index in [0.717, 1.165) is 60.3 Å². The van der Waals surface area contributed by atoms with Crippen LogP contribution in [0, 0.1) is 0 Å². The largest absolute Gasteiger partial charge is 0.466 e. The Labute approximate surface area is 427 Å². The van der Waals surface area contributed by atoms with E-state index in [0.29, 0.717) is 12.8 Å². The molecular weight excluding hydrogens is 1020 g/mol. The molecule has 14 nitrogen and oxygen atoms in total. The fourth-order valence-corrected chi connectivity index (χ4v) is 8.77. The number of hydrogen-bond acceptors (Lipinski definition) is 12. The molecule has 0 aromatic heterocycles. The number of halogens is 2. The van der Waals surface area contributed by atoms with Crippen molar-refractivity contribution in [3.63, 3.8) is 0 Å². The third-order valence-corrected chi connectivity index (χ3v) is 11.8. The van der Waals surface area contributed by atoms with E-state index in [1.165, 1.54) is 22.3 Å². The number of alkyl carbamates (subject to hydrolysis) is 2. The summed E-state index contributed by atoms with van der Waals surface area (Å²) in [6.07, 6.45) is 7.07. The number of unbranched alkanes of at least 4 members (excludes halogenated alkanes) is 6. The molecule has 1 aliphatic rings. The number of carbonyl (C=O) groups excluding carboxylic acids is 6. The summed E-state index contributed by atoms with van der Waals surface area (Å²) in [6, 6.07) is 11.0. The maximum atomic E-state index is 12.9. The van der Waals surface area contributed by atoms with Gasteiger partial charge in [-0.3, -0.25) is 9.59 Å². The molecule has 0 radical (unpaired) electrons. The summed E-state index contributed by atoms with van der Waals surface area (Å²) in [5.41, 5.74) is 1.80. The molecule has 2 N–H and O–H groups in total. The molecule has 0 heterocycles. The molecule has 0 bridgehead atoms. The van der Waals surface area contributed by atoms with Crippen molar-refractivity contribution in [3.8, 4) is 11.1 Å². The molecular formula is C53H78Br2N2O12. The van der Waals surface area contributed by atoms with E-state index in [-0.39, 0.29) is 44.3 Å². The Bertz CT molecular complexity index is 1920. The van der Waals surface area contributed by atoms with E-state index in [4.69, 9.17) is 28.4 Å². The zero-order valence-electron chi connectivity index (χ0n) is 43.1. The number of benzene rings is 2. The van der Waals surface area contributed by atoms with Crippen LogP contribution < -0.4 is 10.6 Å². The monoisotopic (exact) mass is 1090 g/mol. The Balaban J connectivity index is 1.54. The van der Waals surface area contributed by atoms with Crippen molar-refractivity contribution in [2.75, 3.05) is 13.2 Å². The highest BCUT2D eigenvalue weighted by atomic mass is 79.9. The summed E-state index contributed by atoms with van der Waals surface area (Å²) < 4.78 is 34.8. The smallest absolute Gasteiger partial charge is 0.408 e. The van der Waals surface area contributed by atoms with Gasteiger partial charge in [0, 0.05) is 27.2 Å². The average molecular weight is 1100 g/mol. The van der Waals surface area contributed by atoms with Crippen LogP contribution in [0.5, 0.6) is 0 Å². The molecule has 0 spiro atoms. The second kappa shape index (κ2) is 26.3. The summed E-state index contributed by atoms with van der Waals surface area (Å²) in [5, 5.41) is 5.10. The lowest BCUT2D eigenvalue weighted by atomic mass is 9.70. The van der Waals surface area contributed by atoms with Crippen molar-refractivity contribution in [1.29, 1.82) is 0 Å². The predicted octanol–water partition coefficient (Wildman–Crippen LogP) is 12.5. The van der Waals surface area contributed by atoms with Gasteiger partial charge in [0.25, 0.3) is 0 Å². The van der Waals surface area contributed by atoms with Crippen LogP contribution in [0.1, 0.15) is 184 Å². The number of carbonyl (C=O) groups is 6. The molecule has 0 saturated carbocycles. The van der Waals surface area contributed by atoms with Crippen LogP contribution in [0.2, 0.25) is 0 Å². The molecule has 2 atom stereocenters. The van der Waals surface area contributed by atoms with Crippen LogP contribution >= 0.6 is 31.9 Å². The second-order valence-electron chi connectivity index (χ2n) is 21.8. The topological polar surface area (TPSA) is 182 Å². The molecule has 0 saturated heterocycles. The summed E-state index contributed by atoms with van der Waals surface area (Å²) in [6.45, 7) is 21.2. The van der Waals surface area contributed by atoms with Crippen LogP contribution in [0.3, 0.4) is 0 Å². The van der Waals surface area contributed by atoms with E-state index >= 15 is 0 Å². The fourth-order valence-electron chi connectivity index (χ4n) is 8.05. The summed E-state index contributed by atoms with van der Waals surface area (Å²) in [4.78, 5) is 76.3. The second-order valence-corrected chi connectivity index (χ2v) is 23.6. The highest BCUT2D eigenvalue weighted by Crippen LogP contribution is 2.55. The molecule has 2 amide bonds. The van der Waals surface area contributed by atoms with Crippen molar-refractivity contribution in [2.24, 2.45) is 0 Å². The predicted molar refractivity (Wildman–Crippen MR) is 273 cm³/mol. The number of esters is 4. The summed E-state index contributed by atoms with van der Waals surface area (Å²) in [5.74, 6) is -2.22. The number of ether oxygens (including phenoxy) is 6. The number of rotatable bonds is 24. The first-order valence-electron chi connectivity index (χ1n) is 24.3. The third kappa shape index (κ3) is 21.8. The molecule has 386 valence electrons. The molecule has 16 heteroatoms. The first kappa shape index (κ1) is 59.1. The Hall–Kier alpha value is -4.18. The van der Waals surface area contributed by atoms with Gasteiger partial charge in [0.2, 0.25) is 0 Å². The average Bonchev–Trinajstić information content (AvgIpc) is 3.44. The first-order valence-corrected chi connectivity index (χ1v) is 25.9. The molecule has 0 aliphatic heterocycles. The SMILES string of the molecule is CC(C)(C)OC(=O)NC(CCC(=O)OCCCCCCC1(CCCCCCOC(=O)CCC(NC(=O)OC(C)(C)C)C(=O)OC(C)(C)C)c2cc(Br)ccc2-c2ccc(Br)cc21)C(=O)OC(C)(C)C. The van der Waals surface area contributed by atoms with E-state index in [2.05, 4.69) is 78.9 Å². The van der Waals surface area contributed by atoms with Crippen molar-refractivity contribution in [3.05, 3.63) is 56.5 Å². The summed E-state index contributed by atoms with van der Waals surface area (Å²) >= 11 is 7.50. The lowest BCUT2D eigenvalue weighted by Gasteiger charge is -2.33. The Morgan fingerprint density at radius 3 is 1.16 bits per heavy atom. The maximum absolute atomic E-state index is 12.9. The molecule has 69 heavy (non-hydrogen) atoms. The molecule has 1 aliphatic carbocycles. The number of hydrogen-bond donors (Lipinski definition) is 2. The number of fused-ring (bicyclic) bond motifs is 3. The molecule has 2 aromatic rings. The normalized spacial score (nSPS) is 14.1. The van der Waals surface area contributed by atoms with Crippen molar-refractivity contribution in [1.82, 2.24) is 10.6 Å². The van der Waals surface area contributed by atoms with E-state index in [1.807, 2.05) is 0 Å². The van der Waals surface area contributed by atoms with Gasteiger partial charge in [-0.1, -0.05) is 82.5 Å². The minimum Gasteiger partial charge on any atom is -0.466 e. The highest BCUT2D eigenvalue weighted by Gasteiger charge is 2.42. The van der Waals surface area contributed by atoms with E-state index in [9.17, 15) is 28.8 Å². The number of nitrogens with one attached hydrogen (secondary N) is 2. The van der Waals surface area contributed by atoms with Gasteiger partial charge in [0.05, 0.1) is 13.2 Å². The van der Waals surface area contributed by atoms with Crippen LogP contribution in [0.4, 0.5) is 9.59 Å². The minimum absolute atomic E-state index is 0.00871. The highest BCUT2D eigenvalue weighted by molar-refractivity contribution is 9.10. The first-order chi connectivity index (χ1) is 32.0. The minimum atomic E-state index is -1.07. The molecule has 0 fully saturated rings. The Kier molecular flexibility index (Phi) is 22.6. The van der Waals surface area contributed by atoms with Crippen molar-refractivity contribution < 1.29 is 57.2 Å². The molecule has 2 aromatic carbocycles. The Morgan fingerprint density at radius 2 is 0.826 bits per heavy atom. The quantitative estimate of drug-likeness (QED) is 0.0577.